The molecule has 0 saturated carbocycles. The van der Waals surface area contributed by atoms with Gasteiger partial charge in [-0.05, 0) is 57.1 Å². The molecule has 0 radical (unpaired) electrons. The lowest BCUT2D eigenvalue weighted by Gasteiger charge is -2.15. The number of amides is 1. The van der Waals surface area contributed by atoms with Gasteiger partial charge in [0.1, 0.15) is 6.61 Å². The van der Waals surface area contributed by atoms with Crippen molar-refractivity contribution in [3.63, 3.8) is 0 Å². The van der Waals surface area contributed by atoms with Gasteiger partial charge in [-0.2, -0.15) is 0 Å². The predicted octanol–water partition coefficient (Wildman–Crippen LogP) is 6.09. The molecule has 2 N–H and O–H groups in total. The summed E-state index contributed by atoms with van der Waals surface area (Å²) in [6.07, 6.45) is -0.460. The van der Waals surface area contributed by atoms with Gasteiger partial charge >= 0.3 is 12.1 Å². The van der Waals surface area contributed by atoms with Crippen molar-refractivity contribution in [3.8, 4) is 22.3 Å². The number of nitrogens with one attached hydrogen (secondary N) is 1. The normalized spacial score (nSPS) is 12.0. The number of hydrogen-bond acceptors (Lipinski definition) is 3. The second kappa shape index (κ2) is 9.24. The van der Waals surface area contributed by atoms with Crippen LogP contribution in [0, 0.1) is 0 Å². The average Bonchev–Trinajstić information content (AvgIpc) is 3.20. The minimum absolute atomic E-state index is 0.0234. The summed E-state index contributed by atoms with van der Waals surface area (Å²) in [5, 5.41) is 11.9. The van der Waals surface area contributed by atoms with Gasteiger partial charge < -0.3 is 15.2 Å². The van der Waals surface area contributed by atoms with E-state index in [9.17, 15) is 9.59 Å². The number of carboxylic acids is 1. The van der Waals surface area contributed by atoms with Crippen LogP contribution in [0.1, 0.15) is 33.0 Å². The van der Waals surface area contributed by atoms with Crippen LogP contribution in [0.3, 0.4) is 0 Å². The molecule has 0 atom stereocenters. The first-order valence-electron chi connectivity index (χ1n) is 11.1. The second-order valence-corrected chi connectivity index (χ2v) is 8.26. The minimum Gasteiger partial charge on any atom is -0.478 e. The number of carbonyl (C=O) groups is 2. The Bertz CT molecular complexity index is 1320. The Morgan fingerprint density at radius 2 is 1.41 bits per heavy atom. The van der Waals surface area contributed by atoms with E-state index in [-0.39, 0.29) is 18.1 Å². The van der Waals surface area contributed by atoms with Crippen LogP contribution in [-0.2, 0) is 11.3 Å². The first-order valence-corrected chi connectivity index (χ1v) is 11.1. The van der Waals surface area contributed by atoms with Crippen molar-refractivity contribution in [2.75, 3.05) is 6.61 Å². The van der Waals surface area contributed by atoms with Crippen LogP contribution in [0.4, 0.5) is 4.79 Å². The number of hydrogen-bond donors (Lipinski definition) is 2. The fraction of sp³-hybridized carbons (Fsp3) is 0.103. The molecule has 0 fully saturated rings. The van der Waals surface area contributed by atoms with E-state index in [1.165, 1.54) is 22.3 Å². The van der Waals surface area contributed by atoms with Gasteiger partial charge in [0, 0.05) is 12.5 Å². The maximum atomic E-state index is 12.5. The number of alkyl carbamates (subject to hydrolysis) is 1. The van der Waals surface area contributed by atoms with Gasteiger partial charge in [0.25, 0.3) is 0 Å². The molecule has 1 aliphatic carbocycles. The van der Waals surface area contributed by atoms with Gasteiger partial charge in [-0.3, -0.25) is 0 Å². The van der Waals surface area contributed by atoms with Crippen molar-refractivity contribution in [2.45, 2.75) is 12.5 Å². The molecule has 5 rings (SSSR count). The molecule has 0 unspecified atom stereocenters. The van der Waals surface area contributed by atoms with Gasteiger partial charge in [0.05, 0.1) is 5.56 Å². The zero-order valence-electron chi connectivity index (χ0n) is 18.4. The SMILES string of the molecule is O=C(NCc1cccc(-c2ccc(C(=O)O)cc2)c1)OCC1c2ccccc2-c2ccccc21. The van der Waals surface area contributed by atoms with E-state index in [4.69, 9.17) is 9.84 Å². The third-order valence-electron chi connectivity index (χ3n) is 6.17. The van der Waals surface area contributed by atoms with E-state index in [1.807, 2.05) is 48.5 Å². The molecular formula is C29H23NO4. The van der Waals surface area contributed by atoms with Crippen molar-refractivity contribution in [1.82, 2.24) is 5.32 Å². The Kier molecular flexibility index (Phi) is 5.83. The van der Waals surface area contributed by atoms with Crippen molar-refractivity contribution in [3.05, 3.63) is 119 Å². The van der Waals surface area contributed by atoms with E-state index < -0.39 is 12.1 Å². The van der Waals surface area contributed by atoms with Crippen LogP contribution < -0.4 is 5.32 Å². The maximum absolute atomic E-state index is 12.5. The Labute approximate surface area is 197 Å². The summed E-state index contributed by atoms with van der Waals surface area (Å²) in [5.41, 5.74) is 7.78. The van der Waals surface area contributed by atoms with E-state index in [2.05, 4.69) is 29.6 Å². The lowest BCUT2D eigenvalue weighted by molar-refractivity contribution is 0.0697. The van der Waals surface area contributed by atoms with Crippen molar-refractivity contribution < 1.29 is 19.4 Å². The fourth-order valence-corrected chi connectivity index (χ4v) is 4.49. The van der Waals surface area contributed by atoms with Gasteiger partial charge in [0.15, 0.2) is 0 Å². The first kappa shape index (κ1) is 21.5. The molecule has 0 spiro atoms. The molecule has 168 valence electrons. The van der Waals surface area contributed by atoms with Crippen molar-refractivity contribution in [2.24, 2.45) is 0 Å². The monoisotopic (exact) mass is 449 g/mol. The highest BCUT2D eigenvalue weighted by atomic mass is 16.5. The third kappa shape index (κ3) is 4.28. The number of carboxylic acid groups (broad SMARTS) is 1. The Morgan fingerprint density at radius 3 is 2.06 bits per heavy atom. The standard InChI is InChI=1S/C29H23NO4/c31-28(32)21-14-12-20(13-15-21)22-7-5-6-19(16-22)17-30-29(33)34-18-27-25-10-3-1-8-23(25)24-9-2-4-11-26(24)27/h1-16,27H,17-18H2,(H,30,33)(H,31,32). The average molecular weight is 450 g/mol. The third-order valence-corrected chi connectivity index (χ3v) is 6.17. The molecule has 1 aliphatic rings. The topological polar surface area (TPSA) is 75.6 Å². The molecule has 0 heterocycles. The lowest BCUT2D eigenvalue weighted by atomic mass is 9.98. The van der Waals surface area contributed by atoms with Crippen LogP contribution in [0.25, 0.3) is 22.3 Å². The Balaban J connectivity index is 1.21. The molecule has 0 bridgehead atoms. The predicted molar refractivity (Wildman–Crippen MR) is 131 cm³/mol. The molecule has 0 saturated heterocycles. The lowest BCUT2D eigenvalue weighted by Crippen LogP contribution is -2.25. The fourth-order valence-electron chi connectivity index (χ4n) is 4.49. The molecule has 5 nitrogen and oxygen atoms in total. The van der Waals surface area contributed by atoms with E-state index in [0.29, 0.717) is 6.54 Å². The van der Waals surface area contributed by atoms with Crippen LogP contribution in [-0.4, -0.2) is 23.8 Å². The largest absolute Gasteiger partial charge is 0.478 e. The molecule has 4 aromatic carbocycles. The summed E-state index contributed by atoms with van der Waals surface area (Å²) in [4.78, 5) is 23.5. The number of carbonyl (C=O) groups excluding carboxylic acids is 1. The van der Waals surface area contributed by atoms with Crippen LogP contribution in [0.5, 0.6) is 0 Å². The summed E-state index contributed by atoms with van der Waals surface area (Å²) in [6.45, 7) is 0.605. The molecular weight excluding hydrogens is 426 g/mol. The number of aromatic carboxylic acids is 1. The molecule has 0 aromatic heterocycles. The van der Waals surface area contributed by atoms with Crippen LogP contribution >= 0.6 is 0 Å². The number of fused-ring (bicyclic) bond motifs is 3. The van der Waals surface area contributed by atoms with Gasteiger partial charge in [-0.25, -0.2) is 9.59 Å². The van der Waals surface area contributed by atoms with Gasteiger partial charge in [-0.1, -0.05) is 78.9 Å². The quantitative estimate of drug-likeness (QED) is 0.373. The zero-order chi connectivity index (χ0) is 23.5. The molecule has 1 amide bonds. The number of benzene rings is 4. The van der Waals surface area contributed by atoms with Gasteiger partial charge in [-0.15, -0.1) is 0 Å². The summed E-state index contributed by atoms with van der Waals surface area (Å²) >= 11 is 0. The van der Waals surface area contributed by atoms with Crippen molar-refractivity contribution >= 4 is 12.1 Å². The first-order chi connectivity index (χ1) is 16.6. The van der Waals surface area contributed by atoms with E-state index in [1.54, 1.807) is 24.3 Å². The smallest absolute Gasteiger partial charge is 0.407 e. The zero-order valence-corrected chi connectivity index (χ0v) is 18.4. The molecule has 4 aromatic rings. The number of ether oxygens (including phenoxy) is 1. The Morgan fingerprint density at radius 1 is 0.765 bits per heavy atom. The molecule has 5 heteroatoms. The Hall–Kier alpha value is -4.38. The summed E-state index contributed by atoms with van der Waals surface area (Å²) in [6, 6.07) is 31.0. The summed E-state index contributed by atoms with van der Waals surface area (Å²) < 4.78 is 5.61. The number of rotatable bonds is 6. The van der Waals surface area contributed by atoms with E-state index in [0.717, 1.165) is 16.7 Å². The highest BCUT2D eigenvalue weighted by Crippen LogP contribution is 2.44. The van der Waals surface area contributed by atoms with Crippen LogP contribution in [0.2, 0.25) is 0 Å². The summed E-state index contributed by atoms with van der Waals surface area (Å²) in [7, 11) is 0. The highest BCUT2D eigenvalue weighted by Gasteiger charge is 2.28. The molecule has 34 heavy (non-hydrogen) atoms. The summed E-state index contributed by atoms with van der Waals surface area (Å²) in [5.74, 6) is -0.928. The minimum atomic E-state index is -0.951. The highest BCUT2D eigenvalue weighted by molar-refractivity contribution is 5.88. The maximum Gasteiger partial charge on any atom is 0.407 e. The van der Waals surface area contributed by atoms with Gasteiger partial charge in [0.2, 0.25) is 0 Å². The van der Waals surface area contributed by atoms with Crippen molar-refractivity contribution in [1.29, 1.82) is 0 Å². The second-order valence-electron chi connectivity index (χ2n) is 8.26. The molecule has 0 aliphatic heterocycles. The van der Waals surface area contributed by atoms with E-state index >= 15 is 0 Å². The van der Waals surface area contributed by atoms with Crippen LogP contribution in [0.15, 0.2) is 97.1 Å².